The molecule has 4 aromatic rings. The molecular weight excluding hydrogens is 663 g/mol. The SMILES string of the molecule is Nc1ccccc1NC(=O)CCCCCCC(=O)NCc1cccc(-c2cccc(C3OC(CSCCO)CC(c4ccc(CO)cc4)O3)c2)c1. The smallest absolute Gasteiger partial charge is 0.224 e. The molecule has 1 fully saturated rings. The number of amides is 2. The van der Waals surface area contributed by atoms with Crippen molar-refractivity contribution in [3.05, 3.63) is 119 Å². The number of nitrogen functional groups attached to an aromatic ring is 1. The van der Waals surface area contributed by atoms with Crippen LogP contribution in [-0.4, -0.2) is 46.2 Å². The highest BCUT2D eigenvalue weighted by Gasteiger charge is 2.32. The van der Waals surface area contributed by atoms with Crippen LogP contribution in [-0.2, 0) is 32.2 Å². The molecule has 3 atom stereocenters. The van der Waals surface area contributed by atoms with Gasteiger partial charge in [0.25, 0.3) is 0 Å². The monoisotopic (exact) mass is 711 g/mol. The Hall–Kier alpha value is -4.19. The van der Waals surface area contributed by atoms with Gasteiger partial charge >= 0.3 is 0 Å². The third-order valence-corrected chi connectivity index (χ3v) is 9.93. The molecule has 0 aromatic heterocycles. The first-order valence-corrected chi connectivity index (χ1v) is 18.9. The van der Waals surface area contributed by atoms with E-state index in [1.807, 2.05) is 60.7 Å². The molecule has 0 spiro atoms. The second-order valence-electron chi connectivity index (χ2n) is 12.8. The number of carbonyl (C=O) groups excluding carboxylic acids is 2. The van der Waals surface area contributed by atoms with Gasteiger partial charge in [0.15, 0.2) is 6.29 Å². The quantitative estimate of drug-likeness (QED) is 0.0535. The molecule has 0 bridgehead atoms. The van der Waals surface area contributed by atoms with Gasteiger partial charge in [0.05, 0.1) is 36.8 Å². The minimum Gasteiger partial charge on any atom is -0.397 e. The first-order valence-electron chi connectivity index (χ1n) is 17.7. The normalized spacial score (nSPS) is 17.2. The lowest BCUT2D eigenvalue weighted by molar-refractivity contribution is -0.245. The van der Waals surface area contributed by atoms with Crippen molar-refractivity contribution in [2.75, 3.05) is 29.2 Å². The van der Waals surface area contributed by atoms with Crippen molar-refractivity contribution in [1.29, 1.82) is 0 Å². The fraction of sp³-hybridized carbons (Fsp3) is 0.366. The Morgan fingerprint density at radius 2 is 1.49 bits per heavy atom. The summed E-state index contributed by atoms with van der Waals surface area (Å²) in [5.74, 6) is 1.37. The van der Waals surface area contributed by atoms with Gasteiger partial charge in [-0.05, 0) is 64.9 Å². The number of aliphatic hydroxyl groups is 2. The van der Waals surface area contributed by atoms with Crippen LogP contribution < -0.4 is 16.4 Å². The molecule has 51 heavy (non-hydrogen) atoms. The van der Waals surface area contributed by atoms with Crippen LogP contribution in [0.2, 0.25) is 0 Å². The number of benzene rings is 4. The first-order chi connectivity index (χ1) is 24.9. The predicted molar refractivity (Wildman–Crippen MR) is 204 cm³/mol. The molecule has 9 nitrogen and oxygen atoms in total. The van der Waals surface area contributed by atoms with Gasteiger partial charge in [-0.25, -0.2) is 0 Å². The third kappa shape index (κ3) is 11.9. The third-order valence-electron chi connectivity index (χ3n) is 8.86. The summed E-state index contributed by atoms with van der Waals surface area (Å²) in [6.07, 6.45) is 4.08. The number of thioether (sulfide) groups is 1. The van der Waals surface area contributed by atoms with Crippen LogP contribution in [0.3, 0.4) is 0 Å². The van der Waals surface area contributed by atoms with Gasteiger partial charge in [-0.2, -0.15) is 11.8 Å². The zero-order valence-corrected chi connectivity index (χ0v) is 29.8. The molecule has 5 rings (SSSR count). The van der Waals surface area contributed by atoms with Crippen LogP contribution in [0.4, 0.5) is 11.4 Å². The standard InChI is InChI=1S/C41H49N3O6S/c42-36-13-5-6-14-37(36)44-40(48)16-4-2-1-3-15-39(47)43-26-30-9-7-10-32(23-30)33-11-8-12-34(24-33)41-49-35(28-51-22-21-45)25-38(50-41)31-19-17-29(27-46)18-20-31/h5-14,17-20,23-24,35,38,41,45-46H,1-4,15-16,21-22,25-28,42H2,(H,43,47)(H,44,48). The molecule has 4 aromatic carbocycles. The van der Waals surface area contributed by atoms with Crippen LogP contribution in [0.15, 0.2) is 97.1 Å². The molecular formula is C41H49N3O6S. The lowest BCUT2D eigenvalue weighted by atomic mass is 9.99. The molecule has 3 unspecified atom stereocenters. The average molecular weight is 712 g/mol. The molecule has 1 aliphatic heterocycles. The van der Waals surface area contributed by atoms with Gasteiger partial charge in [-0.3, -0.25) is 9.59 Å². The fourth-order valence-electron chi connectivity index (χ4n) is 6.07. The second-order valence-corrected chi connectivity index (χ2v) is 14.0. The van der Waals surface area contributed by atoms with Crippen molar-refractivity contribution in [2.24, 2.45) is 0 Å². The fourth-order valence-corrected chi connectivity index (χ4v) is 6.84. The van der Waals surface area contributed by atoms with E-state index in [0.29, 0.717) is 42.9 Å². The van der Waals surface area contributed by atoms with E-state index in [9.17, 15) is 19.8 Å². The van der Waals surface area contributed by atoms with Crippen LogP contribution in [0.1, 0.15) is 79.6 Å². The van der Waals surface area contributed by atoms with Crippen molar-refractivity contribution >= 4 is 35.0 Å². The number of rotatable bonds is 18. The number of anilines is 2. The van der Waals surface area contributed by atoms with Gasteiger partial charge in [0, 0.05) is 42.9 Å². The zero-order chi connectivity index (χ0) is 35.8. The van der Waals surface area contributed by atoms with E-state index in [-0.39, 0.29) is 37.2 Å². The number of nitrogens with one attached hydrogen (secondary N) is 2. The summed E-state index contributed by atoms with van der Waals surface area (Å²) in [4.78, 5) is 24.8. The van der Waals surface area contributed by atoms with E-state index in [1.54, 1.807) is 23.9 Å². The van der Waals surface area contributed by atoms with Crippen LogP contribution in [0.25, 0.3) is 11.1 Å². The largest absolute Gasteiger partial charge is 0.397 e. The van der Waals surface area contributed by atoms with Crippen molar-refractivity contribution in [1.82, 2.24) is 5.32 Å². The number of para-hydroxylation sites is 2. The molecule has 2 amide bonds. The van der Waals surface area contributed by atoms with Crippen LogP contribution in [0, 0.1) is 0 Å². The molecule has 1 heterocycles. The van der Waals surface area contributed by atoms with E-state index in [4.69, 9.17) is 15.2 Å². The number of hydrogen-bond acceptors (Lipinski definition) is 8. The maximum absolute atomic E-state index is 12.6. The van der Waals surface area contributed by atoms with Gasteiger partial charge in [0.2, 0.25) is 11.8 Å². The Labute approximate surface area is 305 Å². The highest BCUT2D eigenvalue weighted by Crippen LogP contribution is 2.39. The summed E-state index contributed by atoms with van der Waals surface area (Å²) in [5, 5.41) is 24.7. The van der Waals surface area contributed by atoms with E-state index in [2.05, 4.69) is 34.9 Å². The summed E-state index contributed by atoms with van der Waals surface area (Å²) in [6, 6.07) is 31.4. The highest BCUT2D eigenvalue weighted by atomic mass is 32.2. The lowest BCUT2D eigenvalue weighted by Gasteiger charge is -2.36. The zero-order valence-electron chi connectivity index (χ0n) is 29.0. The first kappa shape index (κ1) is 38.1. The molecule has 1 aliphatic rings. The molecule has 0 saturated carbocycles. The molecule has 270 valence electrons. The molecule has 0 radical (unpaired) electrons. The number of nitrogens with two attached hydrogens (primary N) is 1. The van der Waals surface area contributed by atoms with Crippen molar-refractivity contribution < 1.29 is 29.3 Å². The number of unbranched alkanes of at least 4 members (excludes halogenated alkanes) is 3. The maximum Gasteiger partial charge on any atom is 0.224 e. The molecule has 0 aliphatic carbocycles. The van der Waals surface area contributed by atoms with Crippen LogP contribution >= 0.6 is 11.8 Å². The number of hydrogen-bond donors (Lipinski definition) is 5. The Balaban J connectivity index is 1.10. The summed E-state index contributed by atoms with van der Waals surface area (Å²) in [7, 11) is 0. The van der Waals surface area contributed by atoms with Crippen molar-refractivity contribution in [3.63, 3.8) is 0 Å². The van der Waals surface area contributed by atoms with Crippen LogP contribution in [0.5, 0.6) is 0 Å². The number of aliphatic hydroxyl groups excluding tert-OH is 2. The molecule has 6 N–H and O–H groups in total. The molecule has 1 saturated heterocycles. The second kappa shape index (κ2) is 20.0. The summed E-state index contributed by atoms with van der Waals surface area (Å²) in [5.41, 5.74) is 13.0. The van der Waals surface area contributed by atoms with Gasteiger partial charge in [0.1, 0.15) is 0 Å². The molecule has 10 heteroatoms. The Morgan fingerprint density at radius 1 is 0.765 bits per heavy atom. The van der Waals surface area contributed by atoms with Gasteiger partial charge in [-0.15, -0.1) is 0 Å². The van der Waals surface area contributed by atoms with Crippen molar-refractivity contribution in [2.45, 2.75) is 76.6 Å². The predicted octanol–water partition coefficient (Wildman–Crippen LogP) is 7.29. The Bertz CT molecular complexity index is 1700. The topological polar surface area (TPSA) is 143 Å². The average Bonchev–Trinajstić information content (AvgIpc) is 3.16. The Morgan fingerprint density at radius 3 is 2.24 bits per heavy atom. The number of ether oxygens (including phenoxy) is 2. The van der Waals surface area contributed by atoms with E-state index in [0.717, 1.165) is 64.8 Å². The van der Waals surface area contributed by atoms with E-state index in [1.165, 1.54) is 0 Å². The van der Waals surface area contributed by atoms with E-state index >= 15 is 0 Å². The van der Waals surface area contributed by atoms with E-state index < -0.39 is 6.29 Å². The number of carbonyl (C=O) groups is 2. The lowest BCUT2D eigenvalue weighted by Crippen LogP contribution is -2.31. The summed E-state index contributed by atoms with van der Waals surface area (Å²) < 4.78 is 13.0. The highest BCUT2D eigenvalue weighted by molar-refractivity contribution is 7.99. The van der Waals surface area contributed by atoms with Gasteiger partial charge < -0.3 is 36.1 Å². The summed E-state index contributed by atoms with van der Waals surface area (Å²) >= 11 is 1.67. The van der Waals surface area contributed by atoms with Crippen molar-refractivity contribution in [3.8, 4) is 11.1 Å². The minimum absolute atomic E-state index is 0.00468. The summed E-state index contributed by atoms with van der Waals surface area (Å²) in [6.45, 7) is 0.562. The van der Waals surface area contributed by atoms with Gasteiger partial charge in [-0.1, -0.05) is 85.6 Å². The Kier molecular flexibility index (Phi) is 14.9. The maximum atomic E-state index is 12.6. The minimum atomic E-state index is -0.561.